The number of amides is 2. The number of aliphatic hydroxyl groups is 1. The summed E-state index contributed by atoms with van der Waals surface area (Å²) in [7, 11) is 1.14. The summed E-state index contributed by atoms with van der Waals surface area (Å²) in [6.07, 6.45) is 16.2. The second-order valence-electron chi connectivity index (χ2n) is 11.4. The molecule has 0 spiro atoms. The maximum atomic E-state index is 12.6. The Bertz CT molecular complexity index is 828. The van der Waals surface area contributed by atoms with Gasteiger partial charge >= 0.3 is 17.9 Å². The average Bonchev–Trinajstić information content (AvgIpc) is 3.01. The Morgan fingerprint density at radius 1 is 0.756 bits per heavy atom. The number of unbranched alkanes of at least 4 members (excludes halogenated alkanes) is 12. The van der Waals surface area contributed by atoms with Crippen molar-refractivity contribution in [2.45, 2.75) is 148 Å². The lowest BCUT2D eigenvalue weighted by Crippen LogP contribution is -2.53. The maximum Gasteiger partial charge on any atom is 0.330 e. The van der Waals surface area contributed by atoms with Crippen LogP contribution in [0.25, 0.3) is 0 Å². The molecule has 0 rings (SSSR count). The van der Waals surface area contributed by atoms with Gasteiger partial charge in [-0.05, 0) is 19.3 Å². The molecule has 0 heterocycles. The van der Waals surface area contributed by atoms with Gasteiger partial charge in [-0.3, -0.25) is 19.2 Å². The van der Waals surface area contributed by atoms with Gasteiger partial charge in [0.05, 0.1) is 20.1 Å². The average molecular weight is 661 g/mol. The Morgan fingerprint density at radius 3 is 1.89 bits per heavy atom. The van der Waals surface area contributed by atoms with Gasteiger partial charge in [-0.2, -0.15) is 11.8 Å². The highest BCUT2D eigenvalue weighted by atomic mass is 32.2. The van der Waals surface area contributed by atoms with Crippen molar-refractivity contribution >= 4 is 41.5 Å². The van der Waals surface area contributed by atoms with Crippen molar-refractivity contribution in [3.63, 3.8) is 0 Å². The molecule has 0 aromatic rings. The van der Waals surface area contributed by atoms with Crippen LogP contribution in [0.1, 0.15) is 130 Å². The Balaban J connectivity index is 4.71. The molecule has 11 nitrogen and oxygen atoms in total. The van der Waals surface area contributed by atoms with Crippen LogP contribution in [0.5, 0.6) is 0 Å². The van der Waals surface area contributed by atoms with E-state index < -0.39 is 48.5 Å². The Hall–Kier alpha value is -2.34. The predicted molar refractivity (Wildman–Crippen MR) is 177 cm³/mol. The summed E-state index contributed by atoms with van der Waals surface area (Å²) in [6, 6.07) is -2.22. The minimum atomic E-state index is -1.25. The van der Waals surface area contributed by atoms with Crippen molar-refractivity contribution in [1.29, 1.82) is 0 Å². The van der Waals surface area contributed by atoms with Crippen LogP contribution >= 0.6 is 11.8 Å². The van der Waals surface area contributed by atoms with Crippen molar-refractivity contribution < 1.29 is 43.3 Å². The zero-order valence-electron chi connectivity index (χ0n) is 28.2. The first-order valence-corrected chi connectivity index (χ1v) is 18.0. The van der Waals surface area contributed by atoms with Gasteiger partial charge in [-0.15, -0.1) is 0 Å². The molecule has 3 unspecified atom stereocenters. The number of methoxy groups -OCH3 is 1. The standard InChI is InChI=1S/C33H60N2O9S/c1-5-7-9-11-12-13-14-16-17-19-27(44-30(38)20-18-15-10-8-6-2)23-31(39)43-21-22-45-25-29(34-26(3)37)32(40)35-28(24-36)33(41)42-4/h27-29,36H,5-25H2,1-4H3,(H,34,37)(H,35,40). The minimum absolute atomic E-state index is 0.00371. The van der Waals surface area contributed by atoms with Gasteiger partial charge in [0.2, 0.25) is 11.8 Å². The largest absolute Gasteiger partial charge is 0.467 e. The molecule has 0 saturated heterocycles. The van der Waals surface area contributed by atoms with Gasteiger partial charge < -0.3 is 30.0 Å². The molecule has 3 atom stereocenters. The molecule has 12 heteroatoms. The molecule has 0 radical (unpaired) electrons. The van der Waals surface area contributed by atoms with E-state index in [0.717, 1.165) is 58.5 Å². The van der Waals surface area contributed by atoms with Crippen LogP contribution in [0.4, 0.5) is 0 Å². The third kappa shape index (κ3) is 24.6. The number of thioether (sulfide) groups is 1. The first kappa shape index (κ1) is 42.7. The predicted octanol–water partition coefficient (Wildman–Crippen LogP) is 5.00. The number of hydrogen-bond acceptors (Lipinski definition) is 10. The number of hydrogen-bond donors (Lipinski definition) is 3. The molecule has 0 aromatic carbocycles. The molecule has 0 fully saturated rings. The molecular formula is C33H60N2O9S. The molecule has 262 valence electrons. The Morgan fingerprint density at radius 2 is 1.33 bits per heavy atom. The number of rotatable bonds is 29. The van der Waals surface area contributed by atoms with Crippen molar-refractivity contribution in [2.75, 3.05) is 31.8 Å². The first-order valence-electron chi connectivity index (χ1n) is 16.9. The highest BCUT2D eigenvalue weighted by Gasteiger charge is 2.26. The smallest absolute Gasteiger partial charge is 0.330 e. The zero-order chi connectivity index (χ0) is 33.7. The number of nitrogens with one attached hydrogen (secondary N) is 2. The van der Waals surface area contributed by atoms with Crippen LogP contribution in [0.3, 0.4) is 0 Å². The van der Waals surface area contributed by atoms with E-state index >= 15 is 0 Å². The second kappa shape index (κ2) is 29.1. The molecule has 0 aliphatic rings. The number of carbonyl (C=O) groups is 5. The van der Waals surface area contributed by atoms with E-state index in [-0.39, 0.29) is 24.7 Å². The summed E-state index contributed by atoms with van der Waals surface area (Å²) in [5.74, 6) is -2.10. The lowest BCUT2D eigenvalue weighted by molar-refractivity contribution is -0.155. The highest BCUT2D eigenvalue weighted by Crippen LogP contribution is 2.16. The number of aliphatic hydroxyl groups excluding tert-OH is 1. The van der Waals surface area contributed by atoms with Gasteiger partial charge in [0.25, 0.3) is 0 Å². The number of esters is 3. The zero-order valence-corrected chi connectivity index (χ0v) is 29.0. The van der Waals surface area contributed by atoms with Crippen LogP contribution in [0.15, 0.2) is 0 Å². The summed E-state index contributed by atoms with van der Waals surface area (Å²) in [4.78, 5) is 60.9. The molecule has 0 saturated carbocycles. The summed E-state index contributed by atoms with van der Waals surface area (Å²) in [6.45, 7) is 5.05. The fourth-order valence-electron chi connectivity index (χ4n) is 4.69. The fourth-order valence-corrected chi connectivity index (χ4v) is 5.52. The van der Waals surface area contributed by atoms with E-state index in [9.17, 15) is 29.1 Å². The number of carbonyl (C=O) groups excluding carboxylic acids is 5. The third-order valence-electron chi connectivity index (χ3n) is 7.26. The molecule has 0 aliphatic heterocycles. The first-order chi connectivity index (χ1) is 21.7. The molecule has 45 heavy (non-hydrogen) atoms. The lowest BCUT2D eigenvalue weighted by Gasteiger charge is -2.20. The van der Waals surface area contributed by atoms with Gasteiger partial charge in [0, 0.05) is 24.9 Å². The molecule has 0 aromatic heterocycles. The van der Waals surface area contributed by atoms with Gasteiger partial charge in [-0.1, -0.05) is 90.9 Å². The van der Waals surface area contributed by atoms with Gasteiger partial charge in [0.15, 0.2) is 6.04 Å². The van der Waals surface area contributed by atoms with E-state index in [4.69, 9.17) is 9.47 Å². The molecular weight excluding hydrogens is 600 g/mol. The quantitative estimate of drug-likeness (QED) is 0.0567. The molecule has 2 amide bonds. The molecule has 3 N–H and O–H groups in total. The lowest BCUT2D eigenvalue weighted by atomic mass is 10.0. The van der Waals surface area contributed by atoms with E-state index in [0.29, 0.717) is 18.6 Å². The van der Waals surface area contributed by atoms with Crippen molar-refractivity contribution in [3.05, 3.63) is 0 Å². The summed E-state index contributed by atoms with van der Waals surface area (Å²) in [5.41, 5.74) is 0. The van der Waals surface area contributed by atoms with E-state index in [1.165, 1.54) is 57.2 Å². The fraction of sp³-hybridized carbons (Fsp3) is 0.848. The topological polar surface area (TPSA) is 157 Å². The highest BCUT2D eigenvalue weighted by molar-refractivity contribution is 7.99. The Kier molecular flexibility index (Phi) is 27.6. The summed E-state index contributed by atoms with van der Waals surface area (Å²) >= 11 is 1.28. The summed E-state index contributed by atoms with van der Waals surface area (Å²) in [5, 5.41) is 14.2. The van der Waals surface area contributed by atoms with Crippen LogP contribution in [0.2, 0.25) is 0 Å². The van der Waals surface area contributed by atoms with Gasteiger partial charge in [0.1, 0.15) is 18.8 Å². The van der Waals surface area contributed by atoms with Crippen LogP contribution in [0, 0.1) is 0 Å². The van der Waals surface area contributed by atoms with Crippen LogP contribution in [-0.2, 0) is 38.2 Å². The monoisotopic (exact) mass is 660 g/mol. The molecule has 0 bridgehead atoms. The van der Waals surface area contributed by atoms with Gasteiger partial charge in [-0.25, -0.2) is 4.79 Å². The van der Waals surface area contributed by atoms with Crippen molar-refractivity contribution in [2.24, 2.45) is 0 Å². The minimum Gasteiger partial charge on any atom is -0.467 e. The second-order valence-corrected chi connectivity index (χ2v) is 12.6. The van der Waals surface area contributed by atoms with Crippen molar-refractivity contribution in [1.82, 2.24) is 10.6 Å². The third-order valence-corrected chi connectivity index (χ3v) is 8.28. The molecule has 0 aliphatic carbocycles. The Labute approximate surface area is 275 Å². The summed E-state index contributed by atoms with van der Waals surface area (Å²) < 4.78 is 15.6. The number of ether oxygens (including phenoxy) is 3. The van der Waals surface area contributed by atoms with Crippen molar-refractivity contribution in [3.8, 4) is 0 Å². The van der Waals surface area contributed by atoms with E-state index in [1.807, 2.05) is 0 Å². The van der Waals surface area contributed by atoms with E-state index in [2.05, 4.69) is 29.2 Å². The van der Waals surface area contributed by atoms with Crippen LogP contribution < -0.4 is 10.6 Å². The SMILES string of the molecule is CCCCCCCCCCCC(CC(=O)OCCSCC(NC(C)=O)C(=O)NC(CO)C(=O)OC)OC(=O)CCCCCCC. The normalized spacial score (nSPS) is 12.9. The maximum absolute atomic E-state index is 12.6. The van der Waals surface area contributed by atoms with E-state index in [1.54, 1.807) is 0 Å². The van der Waals surface area contributed by atoms with Crippen LogP contribution in [-0.4, -0.2) is 84.8 Å².